The van der Waals surface area contributed by atoms with E-state index in [1.54, 1.807) is 36.4 Å². The molecule has 126 valence electrons. The van der Waals surface area contributed by atoms with Crippen molar-refractivity contribution in [1.82, 2.24) is 15.6 Å². The molecule has 0 spiro atoms. The van der Waals surface area contributed by atoms with E-state index in [2.05, 4.69) is 20.7 Å². The molecule has 0 saturated heterocycles. The first-order chi connectivity index (χ1) is 12.0. The molecule has 0 unspecified atom stereocenters. The van der Waals surface area contributed by atoms with Crippen molar-refractivity contribution in [3.8, 4) is 11.3 Å². The van der Waals surface area contributed by atoms with E-state index in [0.717, 1.165) is 0 Å². The maximum absolute atomic E-state index is 12.8. The first-order valence-electron chi connectivity index (χ1n) is 7.13. The summed E-state index contributed by atoms with van der Waals surface area (Å²) < 4.78 is 12.8. The van der Waals surface area contributed by atoms with Crippen molar-refractivity contribution in [3.05, 3.63) is 75.7 Å². The summed E-state index contributed by atoms with van der Waals surface area (Å²) >= 11 is 12.0. The Hall–Kier alpha value is -2.70. The van der Waals surface area contributed by atoms with Gasteiger partial charge in [0.05, 0.1) is 16.9 Å². The van der Waals surface area contributed by atoms with Crippen LogP contribution in [0.1, 0.15) is 16.1 Å². The van der Waals surface area contributed by atoms with Gasteiger partial charge in [-0.05, 0) is 42.0 Å². The Morgan fingerprint density at radius 1 is 1.16 bits per heavy atom. The van der Waals surface area contributed by atoms with Gasteiger partial charge in [-0.2, -0.15) is 10.2 Å². The predicted octanol–water partition coefficient (Wildman–Crippen LogP) is 4.29. The second kappa shape index (κ2) is 7.46. The third-order valence-electron chi connectivity index (χ3n) is 3.28. The second-order valence-electron chi connectivity index (χ2n) is 5.04. The van der Waals surface area contributed by atoms with Crippen LogP contribution in [0.3, 0.4) is 0 Å². The van der Waals surface area contributed by atoms with Gasteiger partial charge in [0.1, 0.15) is 11.5 Å². The number of aromatic nitrogens is 2. The first kappa shape index (κ1) is 17.1. The van der Waals surface area contributed by atoms with Crippen LogP contribution < -0.4 is 5.43 Å². The van der Waals surface area contributed by atoms with E-state index in [1.165, 1.54) is 18.3 Å². The molecule has 3 aromatic rings. The Morgan fingerprint density at radius 3 is 2.64 bits per heavy atom. The first-order valence-corrected chi connectivity index (χ1v) is 7.88. The zero-order valence-corrected chi connectivity index (χ0v) is 14.1. The average Bonchev–Trinajstić information content (AvgIpc) is 3.06. The van der Waals surface area contributed by atoms with Gasteiger partial charge in [0, 0.05) is 10.6 Å². The summed E-state index contributed by atoms with van der Waals surface area (Å²) in [5.41, 5.74) is 4.39. The Kier molecular flexibility index (Phi) is 5.11. The predicted molar refractivity (Wildman–Crippen MR) is 95.5 cm³/mol. The van der Waals surface area contributed by atoms with Crippen LogP contribution in [-0.2, 0) is 0 Å². The van der Waals surface area contributed by atoms with E-state index in [1.807, 2.05) is 0 Å². The van der Waals surface area contributed by atoms with Crippen LogP contribution in [0.4, 0.5) is 4.39 Å². The minimum absolute atomic E-state index is 0.220. The van der Waals surface area contributed by atoms with Gasteiger partial charge < -0.3 is 0 Å². The lowest BCUT2D eigenvalue weighted by molar-refractivity contribution is 0.0950. The number of hydrogen-bond donors (Lipinski definition) is 2. The molecule has 0 radical (unpaired) electrons. The Morgan fingerprint density at radius 2 is 1.92 bits per heavy atom. The van der Waals surface area contributed by atoms with Crippen LogP contribution in [0.5, 0.6) is 0 Å². The van der Waals surface area contributed by atoms with Gasteiger partial charge in [0.25, 0.3) is 5.91 Å². The second-order valence-corrected chi connectivity index (χ2v) is 5.89. The van der Waals surface area contributed by atoms with Crippen molar-refractivity contribution >= 4 is 35.3 Å². The van der Waals surface area contributed by atoms with Crippen LogP contribution in [0.25, 0.3) is 11.3 Å². The molecule has 0 fully saturated rings. The fourth-order valence-corrected chi connectivity index (χ4v) is 2.55. The molecular formula is C17H11Cl2FN4O. The lowest BCUT2D eigenvalue weighted by Crippen LogP contribution is -2.17. The van der Waals surface area contributed by atoms with Gasteiger partial charge >= 0.3 is 0 Å². The van der Waals surface area contributed by atoms with Crippen LogP contribution in [0.15, 0.2) is 53.6 Å². The molecular weight excluding hydrogens is 366 g/mol. The van der Waals surface area contributed by atoms with Crippen molar-refractivity contribution < 1.29 is 9.18 Å². The minimum Gasteiger partial charge on any atom is -0.272 e. The Balaban J connectivity index is 1.69. The summed E-state index contributed by atoms with van der Waals surface area (Å²) in [7, 11) is 0. The average molecular weight is 377 g/mol. The number of nitrogens with zero attached hydrogens (tertiary/aromatic N) is 2. The van der Waals surface area contributed by atoms with Crippen molar-refractivity contribution in [2.24, 2.45) is 5.10 Å². The SMILES string of the molecule is O=C(NN=Cc1ccc(F)cc1)c1cc(-c2ccc(Cl)cc2Cl)n[nH]1. The Bertz CT molecular complexity index is 938. The molecule has 25 heavy (non-hydrogen) atoms. The molecule has 2 N–H and O–H groups in total. The molecule has 0 aliphatic carbocycles. The fraction of sp³-hybridized carbons (Fsp3) is 0. The zero-order valence-electron chi connectivity index (χ0n) is 12.6. The van der Waals surface area contributed by atoms with E-state index in [0.29, 0.717) is 26.9 Å². The van der Waals surface area contributed by atoms with Crippen LogP contribution in [0.2, 0.25) is 10.0 Å². The smallest absolute Gasteiger partial charge is 0.272 e. The van der Waals surface area contributed by atoms with Crippen LogP contribution in [0, 0.1) is 5.82 Å². The number of carbonyl (C=O) groups is 1. The minimum atomic E-state index is -0.470. The molecule has 1 amide bonds. The van der Waals surface area contributed by atoms with E-state index in [4.69, 9.17) is 23.2 Å². The summed E-state index contributed by atoms with van der Waals surface area (Å²) in [4.78, 5) is 12.1. The van der Waals surface area contributed by atoms with Crippen LogP contribution in [-0.4, -0.2) is 22.3 Å². The number of H-pyrrole nitrogens is 1. The third-order valence-corrected chi connectivity index (χ3v) is 3.83. The molecule has 1 aromatic heterocycles. The molecule has 3 rings (SSSR count). The molecule has 2 aromatic carbocycles. The largest absolute Gasteiger partial charge is 0.289 e. The van der Waals surface area contributed by atoms with Crippen molar-refractivity contribution in [2.75, 3.05) is 0 Å². The summed E-state index contributed by atoms with van der Waals surface area (Å²) in [6.07, 6.45) is 1.41. The number of nitrogens with one attached hydrogen (secondary N) is 2. The fourth-order valence-electron chi connectivity index (χ4n) is 2.05. The van der Waals surface area contributed by atoms with Gasteiger partial charge in [-0.25, -0.2) is 9.82 Å². The number of rotatable bonds is 4. The quantitative estimate of drug-likeness (QED) is 0.526. The number of hydrazone groups is 1. The van der Waals surface area contributed by atoms with Gasteiger partial charge in [-0.1, -0.05) is 35.3 Å². The van der Waals surface area contributed by atoms with E-state index in [9.17, 15) is 9.18 Å². The van der Waals surface area contributed by atoms with Gasteiger partial charge in [-0.15, -0.1) is 0 Å². The van der Waals surface area contributed by atoms with Crippen molar-refractivity contribution in [3.63, 3.8) is 0 Å². The highest BCUT2D eigenvalue weighted by Gasteiger charge is 2.12. The van der Waals surface area contributed by atoms with Crippen LogP contribution >= 0.6 is 23.2 Å². The maximum Gasteiger partial charge on any atom is 0.289 e. The molecule has 0 atom stereocenters. The van der Waals surface area contributed by atoms with Gasteiger partial charge in [0.2, 0.25) is 0 Å². The summed E-state index contributed by atoms with van der Waals surface area (Å²) in [5, 5.41) is 11.5. The summed E-state index contributed by atoms with van der Waals surface area (Å²) in [6, 6.07) is 12.3. The standard InChI is InChI=1S/C17H11Cl2FN4O/c18-11-3-6-13(14(19)7-11)15-8-16(23-22-15)17(25)24-21-9-10-1-4-12(20)5-2-10/h1-9H,(H,22,23)(H,24,25). The topological polar surface area (TPSA) is 70.1 Å². The lowest BCUT2D eigenvalue weighted by Gasteiger charge is -2.00. The molecule has 1 heterocycles. The monoisotopic (exact) mass is 376 g/mol. The van der Waals surface area contributed by atoms with E-state index >= 15 is 0 Å². The van der Waals surface area contributed by atoms with Gasteiger partial charge in [-0.3, -0.25) is 9.89 Å². The third kappa shape index (κ3) is 4.23. The lowest BCUT2D eigenvalue weighted by atomic mass is 10.1. The van der Waals surface area contributed by atoms with Crippen molar-refractivity contribution in [1.29, 1.82) is 0 Å². The number of hydrogen-bond acceptors (Lipinski definition) is 3. The molecule has 0 bridgehead atoms. The number of aromatic amines is 1. The van der Waals surface area contributed by atoms with E-state index < -0.39 is 5.91 Å². The highest BCUT2D eigenvalue weighted by atomic mass is 35.5. The highest BCUT2D eigenvalue weighted by molar-refractivity contribution is 6.36. The van der Waals surface area contributed by atoms with Gasteiger partial charge in [0.15, 0.2) is 0 Å². The number of halogens is 3. The molecule has 0 aliphatic heterocycles. The number of carbonyl (C=O) groups excluding carboxylic acids is 1. The zero-order chi connectivity index (χ0) is 17.8. The number of benzene rings is 2. The summed E-state index contributed by atoms with van der Waals surface area (Å²) in [5.74, 6) is -0.811. The van der Waals surface area contributed by atoms with Crippen molar-refractivity contribution in [2.45, 2.75) is 0 Å². The summed E-state index contributed by atoms with van der Waals surface area (Å²) in [6.45, 7) is 0. The Labute approximate surface area is 152 Å². The molecule has 0 saturated carbocycles. The maximum atomic E-state index is 12.8. The van der Waals surface area contributed by atoms with E-state index in [-0.39, 0.29) is 11.5 Å². The number of amides is 1. The molecule has 0 aliphatic rings. The molecule has 5 nitrogen and oxygen atoms in total. The normalized spacial score (nSPS) is 11.0. The molecule has 8 heteroatoms. The highest BCUT2D eigenvalue weighted by Crippen LogP contribution is 2.29.